The predicted octanol–water partition coefficient (Wildman–Crippen LogP) is 2.03. The van der Waals surface area contributed by atoms with Crippen LogP contribution in [0.4, 0.5) is 10.1 Å². The Labute approximate surface area is 161 Å². The van der Waals surface area contributed by atoms with Gasteiger partial charge in [-0.25, -0.2) is 4.39 Å². The number of anilines is 1. The first-order valence-electron chi connectivity index (χ1n) is 8.07. The van der Waals surface area contributed by atoms with Crippen molar-refractivity contribution in [2.24, 2.45) is 5.73 Å². The standard InChI is InChI=1S/C17H27FN4O.2ClH/c1-13(16(23)20-12-17(2,3)19)21-8-10-22(11-9-21)15-6-4-14(18)5-7-15;;/h4-7,13H,8-12,19H2,1-3H3,(H,20,23);2*1H. The van der Waals surface area contributed by atoms with Crippen molar-refractivity contribution in [2.75, 3.05) is 37.6 Å². The lowest BCUT2D eigenvalue weighted by Gasteiger charge is -2.38. The first-order chi connectivity index (χ1) is 10.8. The highest BCUT2D eigenvalue weighted by molar-refractivity contribution is 5.85. The van der Waals surface area contributed by atoms with Gasteiger partial charge in [0.2, 0.25) is 5.91 Å². The third-order valence-corrected chi connectivity index (χ3v) is 4.15. The van der Waals surface area contributed by atoms with Gasteiger partial charge in [-0.3, -0.25) is 9.69 Å². The topological polar surface area (TPSA) is 61.6 Å². The number of rotatable bonds is 5. The monoisotopic (exact) mass is 394 g/mol. The molecule has 1 unspecified atom stereocenters. The molecule has 0 saturated carbocycles. The highest BCUT2D eigenvalue weighted by Crippen LogP contribution is 2.17. The van der Waals surface area contributed by atoms with Crippen molar-refractivity contribution < 1.29 is 9.18 Å². The molecule has 1 atom stereocenters. The van der Waals surface area contributed by atoms with Crippen LogP contribution in [0.3, 0.4) is 0 Å². The summed E-state index contributed by atoms with van der Waals surface area (Å²) in [6.07, 6.45) is 0. The summed E-state index contributed by atoms with van der Waals surface area (Å²) in [5.41, 5.74) is 6.51. The van der Waals surface area contributed by atoms with Gasteiger partial charge in [0.05, 0.1) is 6.04 Å². The van der Waals surface area contributed by atoms with Crippen LogP contribution in [0.1, 0.15) is 20.8 Å². The Bertz CT molecular complexity index is 528. The van der Waals surface area contributed by atoms with Gasteiger partial charge in [-0.2, -0.15) is 0 Å². The molecule has 1 heterocycles. The van der Waals surface area contributed by atoms with E-state index in [1.165, 1.54) is 12.1 Å². The number of hydrogen-bond acceptors (Lipinski definition) is 4. The average Bonchev–Trinajstić information content (AvgIpc) is 2.52. The largest absolute Gasteiger partial charge is 0.369 e. The first-order valence-corrected chi connectivity index (χ1v) is 8.07. The van der Waals surface area contributed by atoms with Gasteiger partial charge in [0.1, 0.15) is 5.82 Å². The van der Waals surface area contributed by atoms with Crippen LogP contribution < -0.4 is 16.0 Å². The number of nitrogens with one attached hydrogen (secondary N) is 1. The summed E-state index contributed by atoms with van der Waals surface area (Å²) in [6, 6.07) is 6.38. The fraction of sp³-hybridized carbons (Fsp3) is 0.588. The molecule has 1 aliphatic heterocycles. The molecule has 0 radical (unpaired) electrons. The minimum Gasteiger partial charge on any atom is -0.369 e. The number of benzene rings is 1. The van der Waals surface area contributed by atoms with Crippen molar-refractivity contribution >= 4 is 36.4 Å². The van der Waals surface area contributed by atoms with Gasteiger partial charge in [0, 0.05) is 44.0 Å². The Kier molecular flexibility index (Phi) is 9.72. The zero-order chi connectivity index (χ0) is 17.0. The summed E-state index contributed by atoms with van der Waals surface area (Å²) < 4.78 is 13.0. The molecular weight excluding hydrogens is 366 g/mol. The number of nitrogens with zero attached hydrogens (tertiary/aromatic N) is 2. The zero-order valence-corrected chi connectivity index (χ0v) is 16.6. The maximum atomic E-state index is 13.0. The van der Waals surface area contributed by atoms with Crippen LogP contribution in [0.25, 0.3) is 0 Å². The Hall–Kier alpha value is -1.08. The molecule has 1 aliphatic rings. The third-order valence-electron chi connectivity index (χ3n) is 4.15. The second-order valence-electron chi connectivity index (χ2n) is 6.88. The van der Waals surface area contributed by atoms with E-state index in [0.29, 0.717) is 6.54 Å². The van der Waals surface area contributed by atoms with Gasteiger partial charge in [0.15, 0.2) is 0 Å². The molecule has 8 heteroatoms. The van der Waals surface area contributed by atoms with E-state index >= 15 is 0 Å². The quantitative estimate of drug-likeness (QED) is 0.801. The normalized spacial score (nSPS) is 16.4. The molecule has 1 aromatic rings. The van der Waals surface area contributed by atoms with E-state index in [4.69, 9.17) is 5.73 Å². The van der Waals surface area contributed by atoms with Crippen molar-refractivity contribution in [1.82, 2.24) is 10.2 Å². The van der Waals surface area contributed by atoms with E-state index < -0.39 is 5.54 Å². The van der Waals surface area contributed by atoms with Crippen LogP contribution in [0, 0.1) is 5.82 Å². The van der Waals surface area contributed by atoms with Gasteiger partial charge in [0.25, 0.3) is 0 Å². The summed E-state index contributed by atoms with van der Waals surface area (Å²) in [6.45, 7) is 9.42. The summed E-state index contributed by atoms with van der Waals surface area (Å²) >= 11 is 0. The maximum Gasteiger partial charge on any atom is 0.237 e. The number of halogens is 3. The lowest BCUT2D eigenvalue weighted by Crippen LogP contribution is -2.55. The molecule has 0 aromatic heterocycles. The molecule has 0 bridgehead atoms. The molecular formula is C17H29Cl2FN4O. The SMILES string of the molecule is CC(C(=O)NCC(C)(C)N)N1CCN(c2ccc(F)cc2)CC1.Cl.Cl. The van der Waals surface area contributed by atoms with Gasteiger partial charge in [-0.05, 0) is 45.0 Å². The van der Waals surface area contributed by atoms with E-state index in [0.717, 1.165) is 31.9 Å². The Morgan fingerprint density at radius 1 is 1.20 bits per heavy atom. The molecule has 1 amide bonds. The van der Waals surface area contributed by atoms with Crippen LogP contribution in [0.15, 0.2) is 24.3 Å². The Balaban J connectivity index is 0.00000288. The lowest BCUT2D eigenvalue weighted by atomic mass is 10.1. The van der Waals surface area contributed by atoms with Crippen LogP contribution >= 0.6 is 24.8 Å². The van der Waals surface area contributed by atoms with Crippen molar-refractivity contribution in [3.05, 3.63) is 30.1 Å². The van der Waals surface area contributed by atoms with Gasteiger partial charge >= 0.3 is 0 Å². The van der Waals surface area contributed by atoms with Gasteiger partial charge in [-0.1, -0.05) is 0 Å². The number of nitrogens with two attached hydrogens (primary N) is 1. The van der Waals surface area contributed by atoms with Crippen LogP contribution in [0.2, 0.25) is 0 Å². The summed E-state index contributed by atoms with van der Waals surface area (Å²) in [5, 5.41) is 2.91. The number of piperazine rings is 1. The molecule has 144 valence electrons. The van der Waals surface area contributed by atoms with Crippen molar-refractivity contribution in [3.63, 3.8) is 0 Å². The Morgan fingerprint density at radius 3 is 2.20 bits per heavy atom. The molecule has 0 aliphatic carbocycles. The second kappa shape index (κ2) is 10.2. The molecule has 5 nitrogen and oxygen atoms in total. The molecule has 1 fully saturated rings. The summed E-state index contributed by atoms with van der Waals surface area (Å²) in [4.78, 5) is 16.6. The number of carbonyl (C=O) groups excluding carboxylic acids is 1. The minimum absolute atomic E-state index is 0. The van der Waals surface area contributed by atoms with E-state index in [-0.39, 0.29) is 42.6 Å². The lowest BCUT2D eigenvalue weighted by molar-refractivity contribution is -0.126. The van der Waals surface area contributed by atoms with Crippen molar-refractivity contribution in [3.8, 4) is 0 Å². The third kappa shape index (κ3) is 7.36. The fourth-order valence-corrected chi connectivity index (χ4v) is 2.65. The summed E-state index contributed by atoms with van der Waals surface area (Å²) in [5.74, 6) is -0.209. The molecule has 1 saturated heterocycles. The zero-order valence-electron chi connectivity index (χ0n) is 15.0. The number of hydrogen-bond donors (Lipinski definition) is 2. The molecule has 1 aromatic carbocycles. The average molecular weight is 395 g/mol. The van der Waals surface area contributed by atoms with Gasteiger partial charge < -0.3 is 16.0 Å². The number of carbonyl (C=O) groups is 1. The molecule has 0 spiro atoms. The Morgan fingerprint density at radius 2 is 1.72 bits per heavy atom. The van der Waals surface area contributed by atoms with Crippen LogP contribution in [-0.4, -0.2) is 55.1 Å². The molecule has 2 rings (SSSR count). The van der Waals surface area contributed by atoms with E-state index in [1.54, 1.807) is 12.1 Å². The predicted molar refractivity (Wildman–Crippen MR) is 105 cm³/mol. The molecule has 3 N–H and O–H groups in total. The molecule has 25 heavy (non-hydrogen) atoms. The number of amides is 1. The van der Waals surface area contributed by atoms with E-state index in [2.05, 4.69) is 15.1 Å². The van der Waals surface area contributed by atoms with E-state index in [1.807, 2.05) is 20.8 Å². The summed E-state index contributed by atoms with van der Waals surface area (Å²) in [7, 11) is 0. The first kappa shape index (κ1) is 23.9. The van der Waals surface area contributed by atoms with Gasteiger partial charge in [-0.15, -0.1) is 24.8 Å². The smallest absolute Gasteiger partial charge is 0.237 e. The van der Waals surface area contributed by atoms with Crippen molar-refractivity contribution in [1.29, 1.82) is 0 Å². The van der Waals surface area contributed by atoms with Crippen LogP contribution in [-0.2, 0) is 4.79 Å². The maximum absolute atomic E-state index is 13.0. The second-order valence-corrected chi connectivity index (χ2v) is 6.88. The fourth-order valence-electron chi connectivity index (χ4n) is 2.65. The minimum atomic E-state index is -0.406. The van der Waals surface area contributed by atoms with Crippen molar-refractivity contribution in [2.45, 2.75) is 32.4 Å². The highest BCUT2D eigenvalue weighted by Gasteiger charge is 2.26. The van der Waals surface area contributed by atoms with Crippen LogP contribution in [0.5, 0.6) is 0 Å². The highest BCUT2D eigenvalue weighted by atomic mass is 35.5. The van der Waals surface area contributed by atoms with E-state index in [9.17, 15) is 9.18 Å².